The second-order valence-electron chi connectivity index (χ2n) is 8.55. The molecular formula is C22H32Cl2N6O. The first-order valence-electron chi connectivity index (χ1n) is 11.0. The molecule has 7 nitrogen and oxygen atoms in total. The normalized spacial score (nSPS) is 19.4. The van der Waals surface area contributed by atoms with Gasteiger partial charge in [-0.2, -0.15) is 0 Å². The second kappa shape index (κ2) is 10.8. The molecule has 1 aromatic carbocycles. The zero-order valence-corrected chi connectivity index (χ0v) is 19.5. The van der Waals surface area contributed by atoms with Gasteiger partial charge in [0.25, 0.3) is 5.91 Å². The van der Waals surface area contributed by atoms with E-state index in [9.17, 15) is 4.79 Å². The molecule has 0 radical (unpaired) electrons. The van der Waals surface area contributed by atoms with E-state index >= 15 is 0 Å². The standard InChI is InChI=1S/C22H30N6O.2ClH/c29-22(19-5-3-4-17(14-19)16-26-9-1-2-10-26)27-11-6-18(7-12-27)21-25-24-20-15-23-8-13-28(20)21;;/h3-5,14,18,23H,1-2,6-13,15-16H2;2*1H. The summed E-state index contributed by atoms with van der Waals surface area (Å²) in [6.07, 6.45) is 4.51. The molecule has 31 heavy (non-hydrogen) atoms. The molecule has 5 rings (SSSR count). The summed E-state index contributed by atoms with van der Waals surface area (Å²) < 4.78 is 2.28. The van der Waals surface area contributed by atoms with Crippen molar-refractivity contribution in [1.29, 1.82) is 0 Å². The Morgan fingerprint density at radius 1 is 1.03 bits per heavy atom. The van der Waals surface area contributed by atoms with E-state index in [4.69, 9.17) is 0 Å². The van der Waals surface area contributed by atoms with Crippen molar-refractivity contribution < 1.29 is 4.79 Å². The van der Waals surface area contributed by atoms with Crippen molar-refractivity contribution in [2.75, 3.05) is 32.7 Å². The van der Waals surface area contributed by atoms with Crippen LogP contribution in [0.5, 0.6) is 0 Å². The summed E-state index contributed by atoms with van der Waals surface area (Å²) in [5, 5.41) is 12.2. The number of piperidine rings is 1. The van der Waals surface area contributed by atoms with Gasteiger partial charge in [-0.15, -0.1) is 35.0 Å². The van der Waals surface area contributed by atoms with Crippen LogP contribution >= 0.6 is 24.8 Å². The van der Waals surface area contributed by atoms with E-state index in [-0.39, 0.29) is 30.7 Å². The maximum Gasteiger partial charge on any atom is 0.253 e. The summed E-state index contributed by atoms with van der Waals surface area (Å²) in [5.41, 5.74) is 2.07. The highest BCUT2D eigenvalue weighted by Gasteiger charge is 2.29. The first-order valence-corrected chi connectivity index (χ1v) is 11.0. The molecule has 0 spiro atoms. The molecule has 2 aromatic rings. The van der Waals surface area contributed by atoms with Gasteiger partial charge < -0.3 is 14.8 Å². The van der Waals surface area contributed by atoms with Gasteiger partial charge in [0.1, 0.15) is 11.6 Å². The predicted octanol–water partition coefficient (Wildman–Crippen LogP) is 2.84. The minimum atomic E-state index is 0. The largest absolute Gasteiger partial charge is 0.339 e. The van der Waals surface area contributed by atoms with Crippen LogP contribution in [0.4, 0.5) is 0 Å². The van der Waals surface area contributed by atoms with Crippen molar-refractivity contribution in [2.45, 2.75) is 51.2 Å². The molecule has 9 heteroatoms. The zero-order chi connectivity index (χ0) is 19.6. The Labute approximate surface area is 196 Å². The third-order valence-electron chi connectivity index (χ3n) is 6.58. The van der Waals surface area contributed by atoms with Crippen LogP contribution in [0.2, 0.25) is 0 Å². The Morgan fingerprint density at radius 3 is 2.58 bits per heavy atom. The van der Waals surface area contributed by atoms with Crippen molar-refractivity contribution in [3.63, 3.8) is 0 Å². The monoisotopic (exact) mass is 466 g/mol. The molecule has 3 aliphatic rings. The number of carbonyl (C=O) groups is 1. The van der Waals surface area contributed by atoms with E-state index < -0.39 is 0 Å². The molecule has 0 unspecified atom stereocenters. The Kier molecular flexibility index (Phi) is 8.33. The fourth-order valence-electron chi connectivity index (χ4n) is 4.94. The van der Waals surface area contributed by atoms with Crippen LogP contribution in [0.1, 0.15) is 59.2 Å². The summed E-state index contributed by atoms with van der Waals surface area (Å²) >= 11 is 0. The molecule has 1 N–H and O–H groups in total. The fourth-order valence-corrected chi connectivity index (χ4v) is 4.94. The summed E-state index contributed by atoms with van der Waals surface area (Å²) in [5.74, 6) is 2.72. The molecule has 0 saturated carbocycles. The van der Waals surface area contributed by atoms with Crippen LogP contribution in [-0.2, 0) is 19.6 Å². The van der Waals surface area contributed by atoms with E-state index in [1.165, 1.54) is 31.5 Å². The first-order chi connectivity index (χ1) is 14.3. The molecule has 4 heterocycles. The Morgan fingerprint density at radius 2 is 1.81 bits per heavy atom. The summed E-state index contributed by atoms with van der Waals surface area (Å²) in [6, 6.07) is 8.23. The number of rotatable bonds is 4. The van der Waals surface area contributed by atoms with Crippen LogP contribution in [0, 0.1) is 0 Å². The maximum absolute atomic E-state index is 13.1. The zero-order valence-electron chi connectivity index (χ0n) is 17.8. The lowest BCUT2D eigenvalue weighted by atomic mass is 9.95. The molecule has 1 aromatic heterocycles. The highest BCUT2D eigenvalue weighted by atomic mass is 35.5. The van der Waals surface area contributed by atoms with Crippen molar-refractivity contribution in [2.24, 2.45) is 0 Å². The van der Waals surface area contributed by atoms with Crippen molar-refractivity contribution in [3.8, 4) is 0 Å². The minimum Gasteiger partial charge on any atom is -0.339 e. The van der Waals surface area contributed by atoms with Gasteiger partial charge in [0.15, 0.2) is 0 Å². The highest BCUT2D eigenvalue weighted by Crippen LogP contribution is 2.28. The number of hydrogen-bond acceptors (Lipinski definition) is 5. The van der Waals surface area contributed by atoms with Gasteiger partial charge in [-0.1, -0.05) is 12.1 Å². The molecule has 170 valence electrons. The first kappa shape index (κ1) is 24.0. The summed E-state index contributed by atoms with van der Waals surface area (Å²) in [6.45, 7) is 7.61. The average molecular weight is 467 g/mol. The lowest BCUT2D eigenvalue weighted by molar-refractivity contribution is 0.0710. The van der Waals surface area contributed by atoms with Gasteiger partial charge in [-0.3, -0.25) is 9.69 Å². The smallest absolute Gasteiger partial charge is 0.253 e. The lowest BCUT2D eigenvalue weighted by Gasteiger charge is -2.32. The van der Waals surface area contributed by atoms with Gasteiger partial charge >= 0.3 is 0 Å². The number of fused-ring (bicyclic) bond motifs is 1. The minimum absolute atomic E-state index is 0. The van der Waals surface area contributed by atoms with Gasteiger partial charge in [0.05, 0.1) is 6.54 Å². The van der Waals surface area contributed by atoms with Gasteiger partial charge in [0.2, 0.25) is 0 Å². The Bertz CT molecular complexity index is 875. The van der Waals surface area contributed by atoms with E-state index in [2.05, 4.69) is 37.1 Å². The number of likely N-dealkylation sites (tertiary alicyclic amines) is 2. The van der Waals surface area contributed by atoms with Gasteiger partial charge in [-0.25, -0.2) is 0 Å². The number of nitrogens with zero attached hydrogens (tertiary/aromatic N) is 5. The van der Waals surface area contributed by atoms with E-state index in [0.717, 1.165) is 69.3 Å². The van der Waals surface area contributed by atoms with Crippen LogP contribution in [0.25, 0.3) is 0 Å². The number of carbonyl (C=O) groups excluding carboxylic acids is 1. The van der Waals surface area contributed by atoms with Gasteiger partial charge in [0, 0.05) is 44.2 Å². The second-order valence-corrected chi connectivity index (χ2v) is 8.55. The average Bonchev–Trinajstić information content (AvgIpc) is 3.43. The van der Waals surface area contributed by atoms with E-state index in [0.29, 0.717) is 5.92 Å². The van der Waals surface area contributed by atoms with Crippen LogP contribution in [0.15, 0.2) is 24.3 Å². The number of hydrogen-bond donors (Lipinski definition) is 1. The number of benzene rings is 1. The van der Waals surface area contributed by atoms with Crippen molar-refractivity contribution in [1.82, 2.24) is 29.9 Å². The number of amides is 1. The van der Waals surface area contributed by atoms with Crippen LogP contribution < -0.4 is 5.32 Å². The number of aromatic nitrogens is 3. The molecule has 0 bridgehead atoms. The topological polar surface area (TPSA) is 66.3 Å². The summed E-state index contributed by atoms with van der Waals surface area (Å²) in [4.78, 5) is 17.6. The lowest BCUT2D eigenvalue weighted by Crippen LogP contribution is -2.39. The molecular weight excluding hydrogens is 435 g/mol. The third kappa shape index (κ3) is 5.22. The van der Waals surface area contributed by atoms with Crippen molar-refractivity contribution in [3.05, 3.63) is 47.0 Å². The quantitative estimate of drug-likeness (QED) is 0.749. The number of nitrogens with one attached hydrogen (secondary N) is 1. The molecule has 0 aliphatic carbocycles. The molecule has 2 fully saturated rings. The van der Waals surface area contributed by atoms with Crippen LogP contribution in [0.3, 0.4) is 0 Å². The van der Waals surface area contributed by atoms with E-state index in [1.807, 2.05) is 17.0 Å². The van der Waals surface area contributed by atoms with Crippen molar-refractivity contribution >= 4 is 30.7 Å². The Balaban J connectivity index is 0.00000136. The molecule has 3 aliphatic heterocycles. The predicted molar refractivity (Wildman–Crippen MR) is 125 cm³/mol. The van der Waals surface area contributed by atoms with Gasteiger partial charge in [-0.05, 0) is 56.5 Å². The number of halogens is 2. The Hall–Kier alpha value is -1.67. The maximum atomic E-state index is 13.1. The molecule has 2 saturated heterocycles. The molecule has 1 amide bonds. The SMILES string of the molecule is Cl.Cl.O=C(c1cccc(CN2CCCC2)c1)N1CCC(c2nnc3n2CCNC3)CC1. The fraction of sp³-hybridized carbons (Fsp3) is 0.591. The highest BCUT2D eigenvalue weighted by molar-refractivity contribution is 5.94. The van der Waals surface area contributed by atoms with E-state index in [1.54, 1.807) is 0 Å². The van der Waals surface area contributed by atoms with Crippen LogP contribution in [-0.4, -0.2) is 63.2 Å². The molecule has 0 atom stereocenters. The summed E-state index contributed by atoms with van der Waals surface area (Å²) in [7, 11) is 0. The third-order valence-corrected chi connectivity index (χ3v) is 6.58.